The second-order valence-corrected chi connectivity index (χ2v) is 6.06. The highest BCUT2D eigenvalue weighted by atomic mass is 35.5. The molecule has 1 N–H and O–H groups in total. The summed E-state index contributed by atoms with van der Waals surface area (Å²) in [6.07, 6.45) is 0. The van der Waals surface area contributed by atoms with Crippen molar-refractivity contribution in [2.75, 3.05) is 42.9 Å². The van der Waals surface area contributed by atoms with Crippen molar-refractivity contribution < 1.29 is 9.32 Å². The molecule has 6 nitrogen and oxygen atoms in total. The quantitative estimate of drug-likeness (QED) is 0.930. The molecule has 0 unspecified atom stereocenters. The molecule has 1 aromatic heterocycles. The van der Waals surface area contributed by atoms with E-state index in [0.717, 1.165) is 42.6 Å². The number of anilines is 2. The largest absolute Gasteiger partial charge is 0.369 e. The van der Waals surface area contributed by atoms with Crippen LogP contribution in [0, 0.1) is 6.92 Å². The Morgan fingerprint density at radius 1 is 1.30 bits per heavy atom. The molecule has 0 saturated carbocycles. The molecule has 7 heteroatoms. The molecule has 23 heavy (non-hydrogen) atoms. The molecular formula is C16H19ClN4O2. The van der Waals surface area contributed by atoms with Crippen molar-refractivity contribution in [1.29, 1.82) is 0 Å². The molecule has 1 amide bonds. The molecule has 1 saturated heterocycles. The zero-order chi connectivity index (χ0) is 16.2. The van der Waals surface area contributed by atoms with Gasteiger partial charge in [0.25, 0.3) is 0 Å². The highest BCUT2D eigenvalue weighted by molar-refractivity contribution is 6.30. The van der Waals surface area contributed by atoms with Gasteiger partial charge in [0.1, 0.15) is 0 Å². The molecule has 3 rings (SSSR count). The number of piperazine rings is 1. The van der Waals surface area contributed by atoms with Crippen molar-refractivity contribution in [3.63, 3.8) is 0 Å². The van der Waals surface area contributed by atoms with Crippen LogP contribution < -0.4 is 10.2 Å². The van der Waals surface area contributed by atoms with E-state index in [1.165, 1.54) is 0 Å². The minimum Gasteiger partial charge on any atom is -0.369 e. The zero-order valence-electron chi connectivity index (χ0n) is 13.0. The van der Waals surface area contributed by atoms with E-state index in [2.05, 4.69) is 26.3 Å². The van der Waals surface area contributed by atoms with Crippen LogP contribution in [0.15, 0.2) is 34.9 Å². The summed E-state index contributed by atoms with van der Waals surface area (Å²) < 4.78 is 4.99. The second-order valence-electron chi connectivity index (χ2n) is 5.62. The molecule has 0 atom stereocenters. The summed E-state index contributed by atoms with van der Waals surface area (Å²) in [6, 6.07) is 9.55. The van der Waals surface area contributed by atoms with Gasteiger partial charge in [-0.2, -0.15) is 0 Å². The van der Waals surface area contributed by atoms with E-state index in [1.54, 1.807) is 6.07 Å². The number of nitrogens with zero attached hydrogens (tertiary/aromatic N) is 3. The molecule has 1 aliphatic rings. The van der Waals surface area contributed by atoms with Gasteiger partial charge in [0.2, 0.25) is 11.8 Å². The Morgan fingerprint density at radius 3 is 2.74 bits per heavy atom. The molecule has 1 aromatic carbocycles. The maximum atomic E-state index is 12.0. The first kappa shape index (κ1) is 15.8. The molecule has 2 heterocycles. The number of hydrogen-bond donors (Lipinski definition) is 1. The van der Waals surface area contributed by atoms with E-state index in [9.17, 15) is 4.79 Å². The Hall–Kier alpha value is -2.05. The number of rotatable bonds is 4. The van der Waals surface area contributed by atoms with Gasteiger partial charge in [0.15, 0.2) is 0 Å². The van der Waals surface area contributed by atoms with Crippen LogP contribution in [-0.4, -0.2) is 48.7 Å². The standard InChI is InChI=1S/C16H19ClN4O2/c1-12-9-16(23-19-12)18-15(22)11-20-5-7-21(8-6-20)14-4-2-3-13(17)10-14/h2-4,9-10H,5-8,11H2,1H3,(H,18,22). The SMILES string of the molecule is Cc1cc(NC(=O)CN2CCN(c3cccc(Cl)c3)CC2)on1. The predicted octanol–water partition coefficient (Wildman–Crippen LogP) is 2.40. The lowest BCUT2D eigenvalue weighted by atomic mass is 10.2. The van der Waals surface area contributed by atoms with Crippen LogP contribution in [0.2, 0.25) is 5.02 Å². The minimum atomic E-state index is -0.0858. The Bertz CT molecular complexity index is 680. The smallest absolute Gasteiger partial charge is 0.240 e. The van der Waals surface area contributed by atoms with Gasteiger partial charge in [0, 0.05) is 43.0 Å². The molecule has 0 radical (unpaired) electrons. The van der Waals surface area contributed by atoms with Crippen molar-refractivity contribution >= 4 is 29.1 Å². The minimum absolute atomic E-state index is 0.0858. The molecule has 0 aliphatic carbocycles. The number of halogens is 1. The van der Waals surface area contributed by atoms with E-state index < -0.39 is 0 Å². The van der Waals surface area contributed by atoms with Gasteiger partial charge < -0.3 is 9.42 Å². The summed E-state index contributed by atoms with van der Waals surface area (Å²) in [7, 11) is 0. The first-order valence-corrected chi connectivity index (χ1v) is 7.94. The fourth-order valence-electron chi connectivity index (χ4n) is 2.64. The van der Waals surface area contributed by atoms with Gasteiger partial charge in [-0.05, 0) is 25.1 Å². The summed E-state index contributed by atoms with van der Waals surface area (Å²) in [6.45, 7) is 5.56. The molecule has 0 spiro atoms. The van der Waals surface area contributed by atoms with Gasteiger partial charge in [-0.15, -0.1) is 0 Å². The van der Waals surface area contributed by atoms with Crippen LogP contribution in [0.1, 0.15) is 5.69 Å². The molecule has 1 aliphatic heterocycles. The van der Waals surface area contributed by atoms with Crippen LogP contribution in [0.3, 0.4) is 0 Å². The first-order chi connectivity index (χ1) is 11.1. The first-order valence-electron chi connectivity index (χ1n) is 7.56. The van der Waals surface area contributed by atoms with Gasteiger partial charge in [-0.1, -0.05) is 22.8 Å². The highest BCUT2D eigenvalue weighted by Gasteiger charge is 2.19. The van der Waals surface area contributed by atoms with E-state index in [4.69, 9.17) is 16.1 Å². The Morgan fingerprint density at radius 2 is 2.09 bits per heavy atom. The number of carbonyl (C=O) groups excluding carboxylic acids is 1. The topological polar surface area (TPSA) is 61.6 Å². The van der Waals surface area contributed by atoms with Gasteiger partial charge >= 0.3 is 0 Å². The van der Waals surface area contributed by atoms with E-state index in [1.807, 2.05) is 25.1 Å². The van der Waals surface area contributed by atoms with E-state index >= 15 is 0 Å². The van der Waals surface area contributed by atoms with Crippen LogP contribution in [0.4, 0.5) is 11.6 Å². The molecule has 2 aromatic rings. The molecular weight excluding hydrogens is 316 g/mol. The summed E-state index contributed by atoms with van der Waals surface area (Å²) in [5.74, 6) is 0.308. The average molecular weight is 335 g/mol. The monoisotopic (exact) mass is 334 g/mol. The highest BCUT2D eigenvalue weighted by Crippen LogP contribution is 2.20. The Balaban J connectivity index is 1.48. The fraction of sp³-hybridized carbons (Fsp3) is 0.375. The summed E-state index contributed by atoms with van der Waals surface area (Å²) in [4.78, 5) is 16.4. The number of hydrogen-bond acceptors (Lipinski definition) is 5. The third kappa shape index (κ3) is 4.24. The van der Waals surface area contributed by atoms with Crippen molar-refractivity contribution in [1.82, 2.24) is 10.1 Å². The summed E-state index contributed by atoms with van der Waals surface area (Å²) in [5.41, 5.74) is 1.87. The van der Waals surface area contributed by atoms with Crippen molar-refractivity contribution in [2.45, 2.75) is 6.92 Å². The number of carbonyl (C=O) groups is 1. The third-order valence-electron chi connectivity index (χ3n) is 3.80. The maximum Gasteiger partial charge on any atom is 0.240 e. The number of amides is 1. The van der Waals surface area contributed by atoms with Gasteiger partial charge in [-0.25, -0.2) is 0 Å². The van der Waals surface area contributed by atoms with Gasteiger partial charge in [0.05, 0.1) is 12.2 Å². The Labute approximate surface area is 140 Å². The predicted molar refractivity (Wildman–Crippen MR) is 90.0 cm³/mol. The maximum absolute atomic E-state index is 12.0. The molecule has 1 fully saturated rings. The van der Waals surface area contributed by atoms with E-state index in [-0.39, 0.29) is 5.91 Å². The van der Waals surface area contributed by atoms with Crippen LogP contribution in [0.25, 0.3) is 0 Å². The second kappa shape index (κ2) is 7.02. The van der Waals surface area contributed by atoms with Gasteiger partial charge in [-0.3, -0.25) is 15.0 Å². The lowest BCUT2D eigenvalue weighted by Crippen LogP contribution is -2.48. The van der Waals surface area contributed by atoms with Crippen LogP contribution in [-0.2, 0) is 4.79 Å². The molecule has 0 bridgehead atoms. The van der Waals surface area contributed by atoms with Crippen molar-refractivity contribution in [2.24, 2.45) is 0 Å². The normalized spacial score (nSPS) is 15.7. The van der Waals surface area contributed by atoms with Crippen LogP contribution >= 0.6 is 11.6 Å². The number of aryl methyl sites for hydroxylation is 1. The summed E-state index contributed by atoms with van der Waals surface area (Å²) in [5, 5.41) is 7.21. The molecule has 122 valence electrons. The number of benzene rings is 1. The van der Waals surface area contributed by atoms with Crippen molar-refractivity contribution in [3.05, 3.63) is 41.0 Å². The van der Waals surface area contributed by atoms with Crippen LogP contribution in [0.5, 0.6) is 0 Å². The third-order valence-corrected chi connectivity index (χ3v) is 4.04. The Kier molecular flexibility index (Phi) is 4.83. The summed E-state index contributed by atoms with van der Waals surface area (Å²) >= 11 is 6.04. The van der Waals surface area contributed by atoms with E-state index in [0.29, 0.717) is 12.4 Å². The fourth-order valence-corrected chi connectivity index (χ4v) is 2.82. The number of aromatic nitrogens is 1. The lowest BCUT2D eigenvalue weighted by Gasteiger charge is -2.35. The van der Waals surface area contributed by atoms with Crippen molar-refractivity contribution in [3.8, 4) is 0 Å². The lowest BCUT2D eigenvalue weighted by molar-refractivity contribution is -0.117. The average Bonchev–Trinajstić information content (AvgIpc) is 2.93. The number of nitrogens with one attached hydrogen (secondary N) is 1. The zero-order valence-corrected chi connectivity index (χ0v) is 13.7.